The summed E-state index contributed by atoms with van der Waals surface area (Å²) in [5.74, 6) is -2.83. The Balaban J connectivity index is 2.75. The van der Waals surface area contributed by atoms with Gasteiger partial charge in [-0.05, 0) is 5.56 Å². The standard InChI is InChI=1S/C14H18N2O6/c15-10(7-12(18)19)13(20)16-11(14(21)22-8-17)6-9-4-2-1-3-5-9/h1-5,10-11,17H,6-8,15H2,(H,16,20)(H,18,19). The molecule has 0 aliphatic carbocycles. The molecule has 2 atom stereocenters. The van der Waals surface area contributed by atoms with Gasteiger partial charge in [-0.15, -0.1) is 0 Å². The van der Waals surface area contributed by atoms with Crippen molar-refractivity contribution in [2.75, 3.05) is 6.79 Å². The monoisotopic (exact) mass is 310 g/mol. The van der Waals surface area contributed by atoms with Crippen molar-refractivity contribution in [2.45, 2.75) is 24.9 Å². The van der Waals surface area contributed by atoms with Crippen molar-refractivity contribution < 1.29 is 29.3 Å². The van der Waals surface area contributed by atoms with Crippen molar-refractivity contribution in [2.24, 2.45) is 5.73 Å². The molecule has 22 heavy (non-hydrogen) atoms. The van der Waals surface area contributed by atoms with E-state index >= 15 is 0 Å². The molecule has 8 heteroatoms. The van der Waals surface area contributed by atoms with Crippen molar-refractivity contribution in [1.29, 1.82) is 0 Å². The first-order chi connectivity index (χ1) is 10.4. The molecule has 0 spiro atoms. The number of nitrogens with two attached hydrogens (primary N) is 1. The molecular weight excluding hydrogens is 292 g/mol. The zero-order chi connectivity index (χ0) is 16.5. The van der Waals surface area contributed by atoms with Gasteiger partial charge in [0, 0.05) is 6.42 Å². The Hall–Kier alpha value is -2.45. The van der Waals surface area contributed by atoms with Crippen LogP contribution in [0.4, 0.5) is 0 Å². The van der Waals surface area contributed by atoms with Gasteiger partial charge in [-0.3, -0.25) is 9.59 Å². The van der Waals surface area contributed by atoms with Crippen LogP contribution in [0.25, 0.3) is 0 Å². The molecule has 1 aromatic rings. The van der Waals surface area contributed by atoms with E-state index in [1.807, 2.05) is 0 Å². The Labute approximate surface area is 126 Å². The van der Waals surface area contributed by atoms with E-state index in [9.17, 15) is 14.4 Å². The number of carbonyl (C=O) groups excluding carboxylic acids is 2. The van der Waals surface area contributed by atoms with Crippen molar-refractivity contribution in [1.82, 2.24) is 5.32 Å². The molecule has 1 amide bonds. The molecule has 0 heterocycles. The molecule has 0 saturated carbocycles. The van der Waals surface area contributed by atoms with Gasteiger partial charge in [-0.2, -0.15) is 0 Å². The highest BCUT2D eigenvalue weighted by Gasteiger charge is 2.26. The molecule has 0 saturated heterocycles. The molecule has 5 N–H and O–H groups in total. The first kappa shape index (κ1) is 17.6. The lowest BCUT2D eigenvalue weighted by atomic mass is 10.1. The number of carbonyl (C=O) groups is 3. The molecule has 0 radical (unpaired) electrons. The van der Waals surface area contributed by atoms with Gasteiger partial charge in [-0.1, -0.05) is 30.3 Å². The Bertz CT molecular complexity index is 519. The molecule has 2 unspecified atom stereocenters. The summed E-state index contributed by atoms with van der Waals surface area (Å²) in [5, 5.41) is 19.6. The van der Waals surface area contributed by atoms with Crippen molar-refractivity contribution >= 4 is 17.8 Å². The number of carboxylic acids is 1. The van der Waals surface area contributed by atoms with Crippen LogP contribution in [0.2, 0.25) is 0 Å². The summed E-state index contributed by atoms with van der Waals surface area (Å²) in [5.41, 5.74) is 6.20. The molecule has 0 aliphatic rings. The van der Waals surface area contributed by atoms with E-state index in [2.05, 4.69) is 10.1 Å². The van der Waals surface area contributed by atoms with Crippen molar-refractivity contribution in [3.63, 3.8) is 0 Å². The number of aliphatic hydroxyl groups excluding tert-OH is 1. The SMILES string of the molecule is NC(CC(=O)O)C(=O)NC(Cc1ccccc1)C(=O)OCO. The topological polar surface area (TPSA) is 139 Å². The van der Waals surface area contributed by atoms with E-state index in [0.717, 1.165) is 5.56 Å². The third kappa shape index (κ3) is 5.90. The summed E-state index contributed by atoms with van der Waals surface area (Å²) < 4.78 is 4.48. The Kier molecular flexibility index (Phi) is 7.00. The minimum absolute atomic E-state index is 0.130. The number of ether oxygens (including phenoxy) is 1. The van der Waals surface area contributed by atoms with Crippen LogP contribution in [-0.4, -0.2) is 46.9 Å². The second-order valence-electron chi connectivity index (χ2n) is 4.55. The fourth-order valence-corrected chi connectivity index (χ4v) is 1.77. The highest BCUT2D eigenvalue weighted by Crippen LogP contribution is 2.05. The highest BCUT2D eigenvalue weighted by molar-refractivity contribution is 5.89. The molecule has 0 bridgehead atoms. The Morgan fingerprint density at radius 3 is 2.41 bits per heavy atom. The largest absolute Gasteiger partial charge is 0.481 e. The van der Waals surface area contributed by atoms with Gasteiger partial charge in [0.1, 0.15) is 6.04 Å². The van der Waals surface area contributed by atoms with E-state index < -0.39 is 43.1 Å². The number of hydrogen-bond donors (Lipinski definition) is 4. The number of rotatable bonds is 8. The van der Waals surface area contributed by atoms with Gasteiger partial charge >= 0.3 is 11.9 Å². The number of nitrogens with one attached hydrogen (secondary N) is 1. The van der Waals surface area contributed by atoms with Gasteiger partial charge in [-0.25, -0.2) is 4.79 Å². The lowest BCUT2D eigenvalue weighted by molar-refractivity contribution is -0.155. The number of carboxylic acid groups (broad SMARTS) is 1. The van der Waals surface area contributed by atoms with Crippen LogP contribution in [-0.2, 0) is 25.5 Å². The predicted octanol–water partition coefficient (Wildman–Crippen LogP) is -0.991. The van der Waals surface area contributed by atoms with Gasteiger partial charge < -0.3 is 26.0 Å². The molecule has 8 nitrogen and oxygen atoms in total. The maximum atomic E-state index is 11.8. The van der Waals surface area contributed by atoms with Crippen LogP contribution >= 0.6 is 0 Å². The summed E-state index contributed by atoms with van der Waals surface area (Å²) in [4.78, 5) is 34.1. The third-order valence-corrected chi connectivity index (χ3v) is 2.82. The maximum absolute atomic E-state index is 11.8. The van der Waals surface area contributed by atoms with Crippen LogP contribution in [0.1, 0.15) is 12.0 Å². The predicted molar refractivity (Wildman–Crippen MR) is 75.5 cm³/mol. The normalized spacial score (nSPS) is 13.0. The fraction of sp³-hybridized carbons (Fsp3) is 0.357. The van der Waals surface area contributed by atoms with E-state index in [1.54, 1.807) is 30.3 Å². The first-order valence-corrected chi connectivity index (χ1v) is 6.53. The molecule has 1 rings (SSSR count). The first-order valence-electron chi connectivity index (χ1n) is 6.53. The summed E-state index contributed by atoms with van der Waals surface area (Å²) in [6, 6.07) is 6.49. The summed E-state index contributed by atoms with van der Waals surface area (Å²) in [7, 11) is 0. The van der Waals surface area contributed by atoms with Gasteiger partial charge in [0.05, 0.1) is 12.5 Å². The molecule has 0 aromatic heterocycles. The second kappa shape index (κ2) is 8.75. The van der Waals surface area contributed by atoms with Gasteiger partial charge in [0.2, 0.25) is 5.91 Å². The zero-order valence-electron chi connectivity index (χ0n) is 11.8. The van der Waals surface area contributed by atoms with E-state index in [0.29, 0.717) is 0 Å². The molecule has 1 aromatic carbocycles. The quantitative estimate of drug-likeness (QED) is 0.357. The third-order valence-electron chi connectivity index (χ3n) is 2.82. The molecular formula is C14H18N2O6. The highest BCUT2D eigenvalue weighted by atomic mass is 16.6. The Morgan fingerprint density at radius 2 is 1.86 bits per heavy atom. The van der Waals surface area contributed by atoms with E-state index in [4.69, 9.17) is 15.9 Å². The minimum atomic E-state index is -1.28. The summed E-state index contributed by atoms with van der Waals surface area (Å²) in [6.07, 6.45) is -0.426. The average Bonchev–Trinajstić information content (AvgIpc) is 2.47. The van der Waals surface area contributed by atoms with Gasteiger partial charge in [0.15, 0.2) is 6.79 Å². The lowest BCUT2D eigenvalue weighted by Crippen LogP contribution is -2.50. The van der Waals surface area contributed by atoms with Gasteiger partial charge in [0.25, 0.3) is 0 Å². The van der Waals surface area contributed by atoms with Crippen molar-refractivity contribution in [3.8, 4) is 0 Å². The van der Waals surface area contributed by atoms with Crippen LogP contribution in [0.3, 0.4) is 0 Å². The summed E-state index contributed by atoms with van der Waals surface area (Å²) >= 11 is 0. The number of esters is 1. The average molecular weight is 310 g/mol. The maximum Gasteiger partial charge on any atom is 0.331 e. The van der Waals surface area contributed by atoms with Crippen LogP contribution in [0, 0.1) is 0 Å². The molecule has 0 fully saturated rings. The molecule has 120 valence electrons. The van der Waals surface area contributed by atoms with Crippen LogP contribution < -0.4 is 11.1 Å². The second-order valence-corrected chi connectivity index (χ2v) is 4.55. The smallest absolute Gasteiger partial charge is 0.331 e. The minimum Gasteiger partial charge on any atom is -0.481 e. The summed E-state index contributed by atoms with van der Waals surface area (Å²) in [6.45, 7) is -0.818. The van der Waals surface area contributed by atoms with Crippen LogP contribution in [0.15, 0.2) is 30.3 Å². The van der Waals surface area contributed by atoms with Crippen molar-refractivity contribution in [3.05, 3.63) is 35.9 Å². The lowest BCUT2D eigenvalue weighted by Gasteiger charge is -2.19. The molecule has 0 aliphatic heterocycles. The Morgan fingerprint density at radius 1 is 1.23 bits per heavy atom. The number of aliphatic hydroxyl groups is 1. The number of aliphatic carboxylic acids is 1. The number of hydrogen-bond acceptors (Lipinski definition) is 6. The fourth-order valence-electron chi connectivity index (χ4n) is 1.77. The number of amides is 1. The number of benzene rings is 1. The van der Waals surface area contributed by atoms with Crippen LogP contribution in [0.5, 0.6) is 0 Å². The zero-order valence-corrected chi connectivity index (χ0v) is 11.8. The van der Waals surface area contributed by atoms with E-state index in [1.165, 1.54) is 0 Å². The van der Waals surface area contributed by atoms with E-state index in [-0.39, 0.29) is 6.42 Å².